The van der Waals surface area contributed by atoms with E-state index in [1.807, 2.05) is 6.92 Å². The third kappa shape index (κ3) is 4.24. The molecule has 19 heavy (non-hydrogen) atoms. The van der Waals surface area contributed by atoms with Crippen molar-refractivity contribution in [1.29, 1.82) is 0 Å². The monoisotopic (exact) mass is 267 g/mol. The van der Waals surface area contributed by atoms with Gasteiger partial charge in [-0.25, -0.2) is 0 Å². The van der Waals surface area contributed by atoms with Crippen molar-refractivity contribution in [3.63, 3.8) is 0 Å². The first-order valence-corrected chi connectivity index (χ1v) is 6.14. The fourth-order valence-electron chi connectivity index (χ4n) is 1.64. The summed E-state index contributed by atoms with van der Waals surface area (Å²) in [4.78, 5) is 11.3. The Morgan fingerprint density at radius 1 is 1.26 bits per heavy atom. The fraction of sp³-hybridized carbons (Fsp3) is 0.462. The third-order valence-electron chi connectivity index (χ3n) is 2.60. The molecule has 6 nitrogen and oxygen atoms in total. The highest BCUT2D eigenvalue weighted by molar-refractivity contribution is 5.77. The van der Waals surface area contributed by atoms with Crippen LogP contribution in [0.15, 0.2) is 12.1 Å². The first kappa shape index (κ1) is 14.9. The van der Waals surface area contributed by atoms with Crippen LogP contribution >= 0.6 is 0 Å². The Balaban J connectivity index is 2.65. The number of carbonyl (C=O) groups is 1. The zero-order chi connectivity index (χ0) is 14.3. The predicted octanol–water partition coefficient (Wildman–Crippen LogP) is 1.22. The number of anilines is 2. The summed E-state index contributed by atoms with van der Waals surface area (Å²) in [6.07, 6.45) is 0.391. The predicted molar refractivity (Wildman–Crippen MR) is 75.7 cm³/mol. The van der Waals surface area contributed by atoms with Gasteiger partial charge in [0.2, 0.25) is 5.91 Å². The molecule has 1 amide bonds. The van der Waals surface area contributed by atoms with Crippen LogP contribution in [0.5, 0.6) is 11.5 Å². The van der Waals surface area contributed by atoms with Gasteiger partial charge in [-0.1, -0.05) is 0 Å². The SMILES string of the molecule is CCNC(=O)CCNc1cc(OC)c(OC)cc1N. The van der Waals surface area contributed by atoms with Gasteiger partial charge in [-0.05, 0) is 6.92 Å². The van der Waals surface area contributed by atoms with E-state index in [1.54, 1.807) is 26.4 Å². The highest BCUT2D eigenvalue weighted by Crippen LogP contribution is 2.34. The molecule has 0 saturated heterocycles. The number of nitrogens with two attached hydrogens (primary N) is 1. The number of amides is 1. The maximum absolute atomic E-state index is 11.3. The van der Waals surface area contributed by atoms with E-state index in [-0.39, 0.29) is 5.91 Å². The van der Waals surface area contributed by atoms with E-state index >= 15 is 0 Å². The maximum atomic E-state index is 11.3. The number of hydrogen-bond donors (Lipinski definition) is 3. The fourth-order valence-corrected chi connectivity index (χ4v) is 1.64. The zero-order valence-corrected chi connectivity index (χ0v) is 11.6. The highest BCUT2D eigenvalue weighted by atomic mass is 16.5. The van der Waals surface area contributed by atoms with E-state index in [9.17, 15) is 4.79 Å². The summed E-state index contributed by atoms with van der Waals surface area (Å²) in [7, 11) is 3.12. The largest absolute Gasteiger partial charge is 0.493 e. The average molecular weight is 267 g/mol. The van der Waals surface area contributed by atoms with Gasteiger partial charge in [0.1, 0.15) is 0 Å². The summed E-state index contributed by atoms with van der Waals surface area (Å²) in [5, 5.41) is 5.84. The van der Waals surface area contributed by atoms with Gasteiger partial charge in [-0.15, -0.1) is 0 Å². The molecule has 6 heteroatoms. The number of ether oxygens (including phenoxy) is 2. The van der Waals surface area contributed by atoms with Crippen LogP contribution in [-0.4, -0.2) is 33.2 Å². The molecule has 0 heterocycles. The lowest BCUT2D eigenvalue weighted by molar-refractivity contribution is -0.120. The Labute approximate surface area is 113 Å². The molecule has 4 N–H and O–H groups in total. The number of methoxy groups -OCH3 is 2. The normalized spacial score (nSPS) is 9.84. The number of carbonyl (C=O) groups excluding carboxylic acids is 1. The molecule has 1 rings (SSSR count). The van der Waals surface area contributed by atoms with Gasteiger partial charge in [0.15, 0.2) is 11.5 Å². The van der Waals surface area contributed by atoms with E-state index in [1.165, 1.54) is 0 Å². The van der Waals surface area contributed by atoms with Gasteiger partial charge >= 0.3 is 0 Å². The Kier molecular flexibility index (Phi) is 5.78. The third-order valence-corrected chi connectivity index (χ3v) is 2.60. The van der Waals surface area contributed by atoms with Crippen LogP contribution in [0.3, 0.4) is 0 Å². The molecule has 1 aromatic carbocycles. The van der Waals surface area contributed by atoms with Crippen LogP contribution in [-0.2, 0) is 4.79 Å². The van der Waals surface area contributed by atoms with Crippen LogP contribution in [0.4, 0.5) is 11.4 Å². The smallest absolute Gasteiger partial charge is 0.221 e. The standard InChI is InChI=1S/C13H21N3O3/c1-4-15-13(17)5-6-16-10-8-12(19-3)11(18-2)7-9(10)14/h7-8,16H,4-6,14H2,1-3H3,(H,15,17). The van der Waals surface area contributed by atoms with Gasteiger partial charge in [0.25, 0.3) is 0 Å². The molecule has 0 aliphatic rings. The molecular weight excluding hydrogens is 246 g/mol. The van der Waals surface area contributed by atoms with Crippen molar-refractivity contribution in [2.24, 2.45) is 0 Å². The van der Waals surface area contributed by atoms with Gasteiger partial charge in [-0.3, -0.25) is 4.79 Å². The number of benzene rings is 1. The minimum atomic E-state index is 0.00838. The van der Waals surface area contributed by atoms with Gasteiger partial charge in [0, 0.05) is 31.6 Å². The molecule has 0 spiro atoms. The lowest BCUT2D eigenvalue weighted by Gasteiger charge is -2.14. The molecule has 1 aromatic rings. The Morgan fingerprint density at radius 3 is 2.47 bits per heavy atom. The lowest BCUT2D eigenvalue weighted by atomic mass is 10.2. The van der Waals surface area contributed by atoms with Crippen molar-refractivity contribution in [1.82, 2.24) is 5.32 Å². The number of nitrogens with one attached hydrogen (secondary N) is 2. The molecule has 0 saturated carbocycles. The van der Waals surface area contributed by atoms with Crippen molar-refractivity contribution in [3.05, 3.63) is 12.1 Å². The van der Waals surface area contributed by atoms with Crippen LogP contribution in [0.25, 0.3) is 0 Å². The molecule has 0 aliphatic heterocycles. The molecule has 0 aliphatic carbocycles. The second kappa shape index (κ2) is 7.35. The summed E-state index contributed by atoms with van der Waals surface area (Å²) in [5.41, 5.74) is 7.17. The van der Waals surface area contributed by atoms with E-state index < -0.39 is 0 Å². The molecule has 0 fully saturated rings. The van der Waals surface area contributed by atoms with Crippen LogP contribution < -0.4 is 25.8 Å². The summed E-state index contributed by atoms with van der Waals surface area (Å²) in [6, 6.07) is 3.44. The Bertz CT molecular complexity index is 435. The quantitative estimate of drug-likeness (QED) is 0.647. The Hall–Kier alpha value is -2.11. The molecule has 0 bridgehead atoms. The first-order chi connectivity index (χ1) is 9.12. The molecule has 0 unspecified atom stereocenters. The topological polar surface area (TPSA) is 85.6 Å². The number of nitrogen functional groups attached to an aromatic ring is 1. The minimum Gasteiger partial charge on any atom is -0.493 e. The van der Waals surface area contributed by atoms with Crippen LogP contribution in [0.2, 0.25) is 0 Å². The van der Waals surface area contributed by atoms with Crippen molar-refractivity contribution in [2.75, 3.05) is 38.4 Å². The molecular formula is C13H21N3O3. The minimum absolute atomic E-state index is 0.00838. The average Bonchev–Trinajstić information content (AvgIpc) is 2.40. The summed E-state index contributed by atoms with van der Waals surface area (Å²) in [5.74, 6) is 1.18. The summed E-state index contributed by atoms with van der Waals surface area (Å²) >= 11 is 0. The molecule has 0 radical (unpaired) electrons. The highest BCUT2D eigenvalue weighted by Gasteiger charge is 2.09. The number of rotatable bonds is 7. The number of hydrogen-bond acceptors (Lipinski definition) is 5. The summed E-state index contributed by atoms with van der Waals surface area (Å²) in [6.45, 7) is 3.03. The van der Waals surface area contributed by atoms with E-state index in [0.717, 1.165) is 5.69 Å². The molecule has 0 aromatic heterocycles. The molecule has 106 valence electrons. The second-order valence-corrected chi connectivity index (χ2v) is 3.92. The van der Waals surface area contributed by atoms with E-state index in [0.29, 0.717) is 36.7 Å². The van der Waals surface area contributed by atoms with Gasteiger partial charge < -0.3 is 25.8 Å². The van der Waals surface area contributed by atoms with Crippen molar-refractivity contribution in [2.45, 2.75) is 13.3 Å². The van der Waals surface area contributed by atoms with Crippen molar-refractivity contribution < 1.29 is 14.3 Å². The van der Waals surface area contributed by atoms with E-state index in [2.05, 4.69) is 10.6 Å². The van der Waals surface area contributed by atoms with Crippen LogP contribution in [0, 0.1) is 0 Å². The zero-order valence-electron chi connectivity index (χ0n) is 11.6. The Morgan fingerprint density at radius 2 is 1.89 bits per heavy atom. The second-order valence-electron chi connectivity index (χ2n) is 3.92. The van der Waals surface area contributed by atoms with Gasteiger partial charge in [0.05, 0.1) is 25.6 Å². The van der Waals surface area contributed by atoms with Gasteiger partial charge in [-0.2, -0.15) is 0 Å². The first-order valence-electron chi connectivity index (χ1n) is 6.14. The summed E-state index contributed by atoms with van der Waals surface area (Å²) < 4.78 is 10.3. The molecule has 0 atom stereocenters. The van der Waals surface area contributed by atoms with Crippen LogP contribution in [0.1, 0.15) is 13.3 Å². The van der Waals surface area contributed by atoms with Crippen molar-refractivity contribution >= 4 is 17.3 Å². The lowest BCUT2D eigenvalue weighted by Crippen LogP contribution is -2.24. The maximum Gasteiger partial charge on any atom is 0.221 e. The van der Waals surface area contributed by atoms with Crippen molar-refractivity contribution in [3.8, 4) is 11.5 Å². The van der Waals surface area contributed by atoms with E-state index in [4.69, 9.17) is 15.2 Å².